The molecule has 1 unspecified atom stereocenters. The molecule has 3 N–H and O–H groups in total. The van der Waals surface area contributed by atoms with Gasteiger partial charge in [0.25, 0.3) is 0 Å². The lowest BCUT2D eigenvalue weighted by atomic mass is 10.1. The molecule has 0 aliphatic carbocycles. The van der Waals surface area contributed by atoms with Crippen LogP contribution in [-0.2, 0) is 11.3 Å². The predicted octanol–water partition coefficient (Wildman–Crippen LogP) is 1.40. The zero-order chi connectivity index (χ0) is 17.5. The zero-order valence-corrected chi connectivity index (χ0v) is 14.8. The van der Waals surface area contributed by atoms with Crippen LogP contribution in [0.2, 0.25) is 0 Å². The Morgan fingerprint density at radius 2 is 2.04 bits per heavy atom. The second kappa shape index (κ2) is 8.55. The van der Waals surface area contributed by atoms with E-state index in [2.05, 4.69) is 69.2 Å². The molecule has 25 heavy (non-hydrogen) atoms. The molecule has 0 spiro atoms. The average Bonchev–Trinajstić information content (AvgIpc) is 3.17. The molecule has 2 aliphatic rings. The molecule has 1 saturated heterocycles. The number of carbonyl (C=O) groups excluding carboxylic acids is 1. The van der Waals surface area contributed by atoms with Gasteiger partial charge in [-0.15, -0.1) is 0 Å². The number of hydrogen-bond acceptors (Lipinski definition) is 3. The van der Waals surface area contributed by atoms with E-state index < -0.39 is 0 Å². The number of anilines is 1. The smallest absolute Gasteiger partial charge is 0.220 e. The Labute approximate surface area is 149 Å². The number of amides is 1. The fraction of sp³-hybridized carbons (Fsp3) is 0.474. The van der Waals surface area contributed by atoms with Crippen molar-refractivity contribution in [1.82, 2.24) is 16.0 Å². The van der Waals surface area contributed by atoms with Gasteiger partial charge in [-0.3, -0.25) is 4.79 Å². The molecule has 6 nitrogen and oxygen atoms in total. The Hall–Kier alpha value is -2.50. The van der Waals surface area contributed by atoms with E-state index in [0.29, 0.717) is 19.5 Å². The Balaban J connectivity index is 1.56. The maximum Gasteiger partial charge on any atom is 0.220 e. The quantitative estimate of drug-likeness (QED) is 0.430. The van der Waals surface area contributed by atoms with Crippen LogP contribution < -0.4 is 20.9 Å². The van der Waals surface area contributed by atoms with E-state index in [0.717, 1.165) is 32.0 Å². The summed E-state index contributed by atoms with van der Waals surface area (Å²) in [5, 5.41) is 9.58. The second-order valence-corrected chi connectivity index (χ2v) is 6.42. The summed E-state index contributed by atoms with van der Waals surface area (Å²) in [4.78, 5) is 18.3. The van der Waals surface area contributed by atoms with E-state index in [4.69, 9.17) is 0 Å². The lowest BCUT2D eigenvalue weighted by Gasteiger charge is -2.25. The molecule has 2 aliphatic heterocycles. The van der Waals surface area contributed by atoms with Crippen LogP contribution in [0.15, 0.2) is 41.4 Å². The Kier molecular flexibility index (Phi) is 5.93. The van der Waals surface area contributed by atoms with Crippen molar-refractivity contribution in [3.05, 3.63) is 42.0 Å². The molecule has 2 heterocycles. The lowest BCUT2D eigenvalue weighted by Crippen LogP contribution is -2.51. The van der Waals surface area contributed by atoms with Crippen molar-refractivity contribution in [2.75, 3.05) is 31.1 Å². The molecular formula is C19H27N5O. The monoisotopic (exact) mass is 341 g/mol. The van der Waals surface area contributed by atoms with E-state index in [-0.39, 0.29) is 11.9 Å². The highest BCUT2D eigenvalue weighted by atomic mass is 16.1. The summed E-state index contributed by atoms with van der Waals surface area (Å²) in [7, 11) is 0. The van der Waals surface area contributed by atoms with Crippen molar-refractivity contribution in [3.8, 4) is 0 Å². The van der Waals surface area contributed by atoms with Crippen molar-refractivity contribution in [3.63, 3.8) is 0 Å². The summed E-state index contributed by atoms with van der Waals surface area (Å²) in [6.45, 7) is 6.13. The van der Waals surface area contributed by atoms with Crippen molar-refractivity contribution < 1.29 is 4.79 Å². The molecule has 0 radical (unpaired) electrons. The zero-order valence-electron chi connectivity index (χ0n) is 14.8. The number of carbonyl (C=O) groups is 1. The summed E-state index contributed by atoms with van der Waals surface area (Å²) in [6.07, 6.45) is 5.80. The highest BCUT2D eigenvalue weighted by Crippen LogP contribution is 2.17. The number of rotatable bonds is 5. The minimum Gasteiger partial charge on any atom is -0.364 e. The fourth-order valence-corrected chi connectivity index (χ4v) is 3.04. The number of nitrogens with one attached hydrogen (secondary N) is 3. The van der Waals surface area contributed by atoms with Gasteiger partial charge in [0, 0.05) is 44.3 Å². The van der Waals surface area contributed by atoms with Gasteiger partial charge in [-0.25, -0.2) is 4.99 Å². The molecule has 1 atom stereocenters. The first kappa shape index (κ1) is 17.3. The molecular weight excluding hydrogens is 314 g/mol. The normalized spacial score (nSPS) is 20.5. The van der Waals surface area contributed by atoms with Crippen LogP contribution in [0.4, 0.5) is 5.69 Å². The molecule has 6 heteroatoms. The maximum absolute atomic E-state index is 11.3. The molecule has 0 bridgehead atoms. The average molecular weight is 341 g/mol. The van der Waals surface area contributed by atoms with Crippen LogP contribution in [0.1, 0.15) is 25.3 Å². The summed E-state index contributed by atoms with van der Waals surface area (Å²) < 4.78 is 0. The van der Waals surface area contributed by atoms with Crippen molar-refractivity contribution in [2.24, 2.45) is 4.99 Å². The molecule has 1 fully saturated rings. The summed E-state index contributed by atoms with van der Waals surface area (Å²) >= 11 is 0. The van der Waals surface area contributed by atoms with E-state index in [1.807, 2.05) is 0 Å². The molecule has 1 amide bonds. The van der Waals surface area contributed by atoms with Gasteiger partial charge in [-0.1, -0.05) is 24.3 Å². The Bertz CT molecular complexity index is 620. The van der Waals surface area contributed by atoms with Gasteiger partial charge < -0.3 is 20.9 Å². The third-order valence-electron chi connectivity index (χ3n) is 4.49. The molecule has 3 rings (SSSR count). The van der Waals surface area contributed by atoms with Gasteiger partial charge in [-0.05, 0) is 31.0 Å². The molecule has 1 aromatic carbocycles. The highest BCUT2D eigenvalue weighted by molar-refractivity contribution is 5.81. The van der Waals surface area contributed by atoms with Gasteiger partial charge in [0.1, 0.15) is 0 Å². The van der Waals surface area contributed by atoms with Gasteiger partial charge >= 0.3 is 0 Å². The van der Waals surface area contributed by atoms with E-state index in [1.165, 1.54) is 11.3 Å². The standard InChI is InChI=1S/C19H27N5O/c1-2-20-19(23-16-7-10-18(25)21-14-16)22-13-15-5-8-17(9-6-15)24-11-3-4-12-24/h3-6,8-9,16H,2,7,10-14H2,1H3,(H,21,25)(H2,20,22,23). The number of nitrogens with zero attached hydrogens (tertiary/aromatic N) is 2. The van der Waals surface area contributed by atoms with E-state index in [1.54, 1.807) is 0 Å². The summed E-state index contributed by atoms with van der Waals surface area (Å²) in [5.41, 5.74) is 2.44. The fourth-order valence-electron chi connectivity index (χ4n) is 3.04. The Morgan fingerprint density at radius 1 is 1.28 bits per heavy atom. The first-order valence-corrected chi connectivity index (χ1v) is 9.05. The summed E-state index contributed by atoms with van der Waals surface area (Å²) in [5.74, 6) is 0.935. The third kappa shape index (κ3) is 4.98. The third-order valence-corrected chi connectivity index (χ3v) is 4.49. The van der Waals surface area contributed by atoms with Crippen molar-refractivity contribution >= 4 is 17.6 Å². The van der Waals surface area contributed by atoms with E-state index in [9.17, 15) is 4.79 Å². The van der Waals surface area contributed by atoms with Gasteiger partial charge in [0.2, 0.25) is 5.91 Å². The number of hydrogen-bond donors (Lipinski definition) is 3. The SMILES string of the molecule is CCNC(=NCc1ccc(N2CC=CC2)cc1)NC1CCC(=O)NC1. The number of guanidine groups is 1. The maximum atomic E-state index is 11.3. The summed E-state index contributed by atoms with van der Waals surface area (Å²) in [6, 6.07) is 8.84. The largest absolute Gasteiger partial charge is 0.364 e. The molecule has 1 aromatic rings. The Morgan fingerprint density at radius 3 is 2.68 bits per heavy atom. The van der Waals surface area contributed by atoms with Gasteiger partial charge in [0.05, 0.1) is 6.54 Å². The first-order valence-electron chi connectivity index (χ1n) is 9.05. The number of benzene rings is 1. The van der Waals surface area contributed by atoms with Crippen LogP contribution in [0.25, 0.3) is 0 Å². The minimum atomic E-state index is 0.133. The highest BCUT2D eigenvalue weighted by Gasteiger charge is 2.18. The van der Waals surface area contributed by atoms with Gasteiger partial charge in [-0.2, -0.15) is 0 Å². The lowest BCUT2D eigenvalue weighted by molar-refractivity contribution is -0.122. The van der Waals surface area contributed by atoms with Crippen molar-refractivity contribution in [1.29, 1.82) is 0 Å². The van der Waals surface area contributed by atoms with Crippen LogP contribution >= 0.6 is 0 Å². The molecule has 0 saturated carbocycles. The molecule has 0 aromatic heterocycles. The van der Waals surface area contributed by atoms with Crippen LogP contribution in [0.5, 0.6) is 0 Å². The predicted molar refractivity (Wildman–Crippen MR) is 102 cm³/mol. The second-order valence-electron chi connectivity index (χ2n) is 6.42. The van der Waals surface area contributed by atoms with Gasteiger partial charge in [0.15, 0.2) is 5.96 Å². The van der Waals surface area contributed by atoms with Crippen LogP contribution in [-0.4, -0.2) is 44.1 Å². The van der Waals surface area contributed by atoms with Crippen LogP contribution in [0, 0.1) is 0 Å². The van der Waals surface area contributed by atoms with E-state index >= 15 is 0 Å². The minimum absolute atomic E-state index is 0.133. The molecule has 134 valence electrons. The number of aliphatic imine (C=N–C) groups is 1. The van der Waals surface area contributed by atoms with Crippen LogP contribution in [0.3, 0.4) is 0 Å². The first-order chi connectivity index (χ1) is 12.2. The van der Waals surface area contributed by atoms with Crippen molar-refractivity contribution in [2.45, 2.75) is 32.4 Å². The topological polar surface area (TPSA) is 68.8 Å². The number of piperidine rings is 1.